The lowest BCUT2D eigenvalue weighted by atomic mass is 9.46. The first-order valence-electron chi connectivity index (χ1n) is 12.6. The van der Waals surface area contributed by atoms with Gasteiger partial charge in [0.25, 0.3) is 0 Å². The highest BCUT2D eigenvalue weighted by molar-refractivity contribution is 5.85. The van der Waals surface area contributed by atoms with Crippen molar-refractivity contribution in [3.05, 3.63) is 11.6 Å². The number of fused-ring (bicyclic) bond motifs is 5. The van der Waals surface area contributed by atoms with Gasteiger partial charge < -0.3 is 5.11 Å². The summed E-state index contributed by atoms with van der Waals surface area (Å²) in [6.45, 7) is 12.0. The number of ketones is 1. The molecule has 4 rings (SSSR count). The van der Waals surface area contributed by atoms with Crippen LogP contribution in [0.25, 0.3) is 0 Å². The van der Waals surface area contributed by atoms with E-state index >= 15 is 0 Å². The third kappa shape index (κ3) is 3.56. The van der Waals surface area contributed by atoms with Crippen molar-refractivity contribution in [3.8, 4) is 0 Å². The van der Waals surface area contributed by atoms with Crippen molar-refractivity contribution >= 4 is 5.78 Å². The van der Waals surface area contributed by atoms with Crippen molar-refractivity contribution in [1.82, 2.24) is 0 Å². The Kier molecular flexibility index (Phi) is 5.82. The molecule has 1 N–H and O–H groups in total. The number of carbonyl (C=O) groups is 1. The van der Waals surface area contributed by atoms with Crippen LogP contribution in [0.15, 0.2) is 11.6 Å². The van der Waals surface area contributed by atoms with Gasteiger partial charge in [0.1, 0.15) is 5.78 Å². The number of Topliss-reactive ketones (excluding diaryl/α,β-unsaturated/α-hetero) is 1. The summed E-state index contributed by atoms with van der Waals surface area (Å²) >= 11 is 0. The summed E-state index contributed by atoms with van der Waals surface area (Å²) < 4.78 is 0. The quantitative estimate of drug-likeness (QED) is 0.530. The van der Waals surface area contributed by atoms with Crippen molar-refractivity contribution in [2.24, 2.45) is 46.3 Å². The summed E-state index contributed by atoms with van der Waals surface area (Å²) in [5.41, 5.74) is 1.62. The number of rotatable bonds is 5. The van der Waals surface area contributed by atoms with Gasteiger partial charge in [-0.2, -0.15) is 0 Å². The zero-order valence-electron chi connectivity index (χ0n) is 19.5. The second kappa shape index (κ2) is 7.81. The fourth-order valence-corrected chi connectivity index (χ4v) is 8.49. The smallest absolute Gasteiger partial charge is 0.137 e. The second-order valence-electron chi connectivity index (χ2n) is 12.2. The average molecular weight is 401 g/mol. The molecule has 0 saturated heterocycles. The summed E-state index contributed by atoms with van der Waals surface area (Å²) in [4.78, 5) is 13.7. The van der Waals surface area contributed by atoms with Crippen LogP contribution < -0.4 is 0 Å². The van der Waals surface area contributed by atoms with Crippen LogP contribution in [0.5, 0.6) is 0 Å². The lowest BCUT2D eigenvalue weighted by molar-refractivity contribution is -0.145. The van der Waals surface area contributed by atoms with Gasteiger partial charge in [0.05, 0.1) is 6.10 Å². The maximum absolute atomic E-state index is 13.7. The van der Waals surface area contributed by atoms with Crippen LogP contribution in [0.3, 0.4) is 0 Å². The van der Waals surface area contributed by atoms with Crippen LogP contribution in [-0.2, 0) is 4.79 Å². The summed E-state index contributed by atoms with van der Waals surface area (Å²) in [5, 5.41) is 10.2. The summed E-state index contributed by atoms with van der Waals surface area (Å²) in [6, 6.07) is 0. The molecule has 0 aromatic carbocycles. The third-order valence-electron chi connectivity index (χ3n) is 9.97. The largest absolute Gasteiger partial charge is 0.393 e. The van der Waals surface area contributed by atoms with E-state index in [-0.39, 0.29) is 22.9 Å². The minimum atomic E-state index is -0.197. The van der Waals surface area contributed by atoms with E-state index in [0.717, 1.165) is 49.9 Å². The highest BCUT2D eigenvalue weighted by Gasteiger charge is 2.62. The molecular weight excluding hydrogens is 356 g/mol. The monoisotopic (exact) mass is 400 g/mol. The fraction of sp³-hybridized carbons (Fsp3) is 0.889. The predicted molar refractivity (Wildman–Crippen MR) is 119 cm³/mol. The Morgan fingerprint density at radius 2 is 1.90 bits per heavy atom. The van der Waals surface area contributed by atoms with E-state index < -0.39 is 0 Å². The van der Waals surface area contributed by atoms with Crippen LogP contribution in [-0.4, -0.2) is 17.0 Å². The molecule has 164 valence electrons. The zero-order valence-corrected chi connectivity index (χ0v) is 19.5. The first-order valence-corrected chi connectivity index (χ1v) is 12.6. The van der Waals surface area contributed by atoms with E-state index in [1.165, 1.54) is 37.7 Å². The molecular formula is C27H44O2. The van der Waals surface area contributed by atoms with Gasteiger partial charge in [0.15, 0.2) is 0 Å². The fourth-order valence-electron chi connectivity index (χ4n) is 8.49. The van der Waals surface area contributed by atoms with Crippen molar-refractivity contribution in [2.45, 2.75) is 105 Å². The Morgan fingerprint density at radius 3 is 2.62 bits per heavy atom. The van der Waals surface area contributed by atoms with Gasteiger partial charge >= 0.3 is 0 Å². The van der Waals surface area contributed by atoms with Gasteiger partial charge in [0.2, 0.25) is 0 Å². The first-order chi connectivity index (χ1) is 13.7. The normalized spacial score (nSPS) is 45.4. The molecule has 2 heteroatoms. The topological polar surface area (TPSA) is 37.3 Å². The maximum atomic E-state index is 13.7. The van der Waals surface area contributed by atoms with Crippen LogP contribution in [0.2, 0.25) is 0 Å². The van der Waals surface area contributed by atoms with Crippen molar-refractivity contribution in [3.63, 3.8) is 0 Å². The number of hydrogen-bond acceptors (Lipinski definition) is 2. The Hall–Kier alpha value is -0.630. The van der Waals surface area contributed by atoms with Crippen LogP contribution in [0, 0.1) is 46.3 Å². The lowest BCUT2D eigenvalue weighted by Gasteiger charge is -2.57. The van der Waals surface area contributed by atoms with Crippen molar-refractivity contribution < 1.29 is 9.90 Å². The second-order valence-corrected chi connectivity index (χ2v) is 12.2. The standard InChI is InChI=1S/C27H44O2/c1-17(2)7-6-8-18(3)22-11-12-23-21-10-9-19-15-20(28)13-14-26(19,4)25(21)24(29)16-27(22,23)5/h9,17-18,20-23,25,28H,6-8,10-16H2,1-5H3/t18-,20?,21+,22-,23+,25-,26+,27-/m1/s1. The lowest BCUT2D eigenvalue weighted by Crippen LogP contribution is -2.55. The van der Waals surface area contributed by atoms with Gasteiger partial charge in [-0.05, 0) is 78.9 Å². The highest BCUT2D eigenvalue weighted by atomic mass is 16.3. The number of hydrogen-bond donors (Lipinski definition) is 1. The zero-order chi connectivity index (χ0) is 21.0. The molecule has 0 bridgehead atoms. The molecule has 3 saturated carbocycles. The van der Waals surface area contributed by atoms with Gasteiger partial charge in [0, 0.05) is 12.3 Å². The van der Waals surface area contributed by atoms with E-state index in [1.54, 1.807) is 0 Å². The Bertz CT molecular complexity index is 663. The number of allylic oxidation sites excluding steroid dienone is 1. The molecule has 4 aliphatic rings. The Morgan fingerprint density at radius 1 is 1.14 bits per heavy atom. The molecule has 0 heterocycles. The summed E-state index contributed by atoms with van der Waals surface area (Å²) in [7, 11) is 0. The molecule has 0 radical (unpaired) electrons. The van der Waals surface area contributed by atoms with Gasteiger partial charge in [-0.3, -0.25) is 4.79 Å². The molecule has 4 aliphatic carbocycles. The van der Waals surface area contributed by atoms with Gasteiger partial charge in [-0.25, -0.2) is 0 Å². The van der Waals surface area contributed by atoms with E-state index in [0.29, 0.717) is 17.6 Å². The summed E-state index contributed by atoms with van der Waals surface area (Å²) in [6.07, 6.45) is 13.4. The predicted octanol–water partition coefficient (Wildman–Crippen LogP) is 6.57. The molecule has 3 fully saturated rings. The van der Waals surface area contributed by atoms with Crippen LogP contribution in [0.4, 0.5) is 0 Å². The van der Waals surface area contributed by atoms with Crippen molar-refractivity contribution in [2.75, 3.05) is 0 Å². The third-order valence-corrected chi connectivity index (χ3v) is 9.97. The van der Waals surface area contributed by atoms with E-state index in [4.69, 9.17) is 0 Å². The van der Waals surface area contributed by atoms with Crippen LogP contribution in [0.1, 0.15) is 98.8 Å². The van der Waals surface area contributed by atoms with E-state index in [9.17, 15) is 9.90 Å². The molecule has 29 heavy (non-hydrogen) atoms. The molecule has 8 atom stereocenters. The average Bonchev–Trinajstić information content (AvgIpc) is 2.98. The molecule has 0 aliphatic heterocycles. The van der Waals surface area contributed by atoms with Gasteiger partial charge in [-0.15, -0.1) is 0 Å². The number of carbonyl (C=O) groups excluding carboxylic acids is 1. The first kappa shape index (κ1) is 21.6. The molecule has 2 nitrogen and oxygen atoms in total. The molecule has 0 spiro atoms. The van der Waals surface area contributed by atoms with E-state index in [2.05, 4.69) is 40.7 Å². The number of aliphatic hydroxyl groups excluding tert-OH is 1. The highest BCUT2D eigenvalue weighted by Crippen LogP contribution is 2.66. The maximum Gasteiger partial charge on any atom is 0.137 e. The van der Waals surface area contributed by atoms with Crippen molar-refractivity contribution in [1.29, 1.82) is 0 Å². The molecule has 0 aromatic rings. The van der Waals surface area contributed by atoms with Gasteiger partial charge in [-0.1, -0.05) is 65.5 Å². The Balaban J connectivity index is 1.55. The summed E-state index contributed by atoms with van der Waals surface area (Å²) in [5.74, 6) is 4.27. The molecule has 1 unspecified atom stereocenters. The minimum Gasteiger partial charge on any atom is -0.393 e. The van der Waals surface area contributed by atoms with E-state index in [1.807, 2.05) is 0 Å². The SMILES string of the molecule is CC(C)CCC[C@@H](C)[C@H]1CC[C@H]2[C@@H]3CC=C4CC(O)CC[C@]4(C)[C@H]3C(=O)C[C@]12C. The Labute approximate surface area is 178 Å². The number of aliphatic hydroxyl groups is 1. The minimum absolute atomic E-state index is 0.0154. The molecule has 0 aromatic heterocycles. The molecule has 0 amide bonds. The van der Waals surface area contributed by atoms with Crippen LogP contribution >= 0.6 is 0 Å².